The molecule has 0 radical (unpaired) electrons. The Balaban J connectivity index is 1.91. The largest absolute Gasteiger partial charge is 0.335 e. The van der Waals surface area contributed by atoms with Gasteiger partial charge in [0.2, 0.25) is 0 Å². The summed E-state index contributed by atoms with van der Waals surface area (Å²) in [6, 6.07) is 10.5. The van der Waals surface area contributed by atoms with Crippen LogP contribution in [0.3, 0.4) is 0 Å². The Hall–Kier alpha value is -1.95. The molecule has 6 nitrogen and oxygen atoms in total. The smallest absolute Gasteiger partial charge is 0.250 e. The fourth-order valence-corrected chi connectivity index (χ4v) is 3.08. The van der Waals surface area contributed by atoms with Crippen LogP contribution < -0.4 is 10.6 Å². The molecule has 1 fully saturated rings. The van der Waals surface area contributed by atoms with Crippen LogP contribution in [0.15, 0.2) is 30.3 Å². The molecule has 0 bridgehead atoms. The molecule has 0 amide bonds. The minimum atomic E-state index is 0.496. The predicted octanol–water partition coefficient (Wildman–Crippen LogP) is 1.76. The number of para-hydroxylation sites is 1. The van der Waals surface area contributed by atoms with Crippen molar-refractivity contribution in [3.8, 4) is 5.69 Å². The van der Waals surface area contributed by atoms with Crippen LogP contribution in [0.2, 0.25) is 0 Å². The molecule has 3 rings (SSSR count). The van der Waals surface area contributed by atoms with Crippen LogP contribution in [-0.4, -0.2) is 39.3 Å². The Bertz CT molecular complexity index is 546. The lowest BCUT2D eigenvalue weighted by molar-refractivity contribution is 0.410. The molecule has 0 spiro atoms. The molecular weight excluding hydrogens is 264 g/mol. The SMILES string of the molecule is NCCN(c1nnnn1-c1ccccc1)C1CCCCC1. The van der Waals surface area contributed by atoms with Crippen molar-refractivity contribution >= 4 is 5.95 Å². The highest BCUT2D eigenvalue weighted by atomic mass is 15.6. The van der Waals surface area contributed by atoms with Gasteiger partial charge in [-0.3, -0.25) is 0 Å². The highest BCUT2D eigenvalue weighted by Crippen LogP contribution is 2.26. The second-order valence-electron chi connectivity index (χ2n) is 5.50. The summed E-state index contributed by atoms with van der Waals surface area (Å²) in [5.74, 6) is 0.804. The molecule has 1 heterocycles. The van der Waals surface area contributed by atoms with E-state index < -0.39 is 0 Å². The highest BCUT2D eigenvalue weighted by molar-refractivity contribution is 5.41. The maximum Gasteiger partial charge on any atom is 0.250 e. The van der Waals surface area contributed by atoms with Crippen LogP contribution in [-0.2, 0) is 0 Å². The standard InChI is InChI=1S/C15H22N6/c16-11-12-20(13-7-3-1-4-8-13)15-17-18-19-21(15)14-9-5-2-6-10-14/h2,5-6,9-10,13H,1,3-4,7-8,11-12,16H2. The van der Waals surface area contributed by atoms with Gasteiger partial charge in [0.25, 0.3) is 5.95 Å². The minimum absolute atomic E-state index is 0.496. The normalized spacial score (nSPS) is 16.0. The van der Waals surface area contributed by atoms with Gasteiger partial charge in [-0.2, -0.15) is 4.68 Å². The van der Waals surface area contributed by atoms with Crippen LogP contribution >= 0.6 is 0 Å². The lowest BCUT2D eigenvalue weighted by atomic mass is 9.94. The van der Waals surface area contributed by atoms with Gasteiger partial charge in [0.15, 0.2) is 0 Å². The van der Waals surface area contributed by atoms with Crippen LogP contribution in [0.4, 0.5) is 5.95 Å². The quantitative estimate of drug-likeness (QED) is 0.906. The van der Waals surface area contributed by atoms with Crippen molar-refractivity contribution in [2.24, 2.45) is 5.73 Å². The Morgan fingerprint density at radius 1 is 1.14 bits per heavy atom. The Morgan fingerprint density at radius 3 is 2.62 bits per heavy atom. The maximum absolute atomic E-state index is 5.81. The summed E-state index contributed by atoms with van der Waals surface area (Å²) in [5, 5.41) is 12.3. The third kappa shape index (κ3) is 3.05. The maximum atomic E-state index is 5.81. The van der Waals surface area contributed by atoms with E-state index in [1.54, 1.807) is 0 Å². The zero-order valence-electron chi connectivity index (χ0n) is 12.2. The third-order valence-electron chi connectivity index (χ3n) is 4.10. The summed E-state index contributed by atoms with van der Waals surface area (Å²) in [5.41, 5.74) is 6.79. The van der Waals surface area contributed by atoms with Crippen LogP contribution in [0.25, 0.3) is 5.69 Å². The molecule has 1 aromatic heterocycles. The van der Waals surface area contributed by atoms with Gasteiger partial charge < -0.3 is 10.6 Å². The number of tetrazole rings is 1. The van der Waals surface area contributed by atoms with Crippen molar-refractivity contribution in [2.45, 2.75) is 38.1 Å². The lowest BCUT2D eigenvalue weighted by Gasteiger charge is -2.34. The van der Waals surface area contributed by atoms with E-state index in [2.05, 4.69) is 20.4 Å². The van der Waals surface area contributed by atoms with Crippen molar-refractivity contribution in [3.05, 3.63) is 30.3 Å². The number of nitrogens with two attached hydrogens (primary N) is 1. The Labute approximate surface area is 124 Å². The van der Waals surface area contributed by atoms with Gasteiger partial charge in [0.1, 0.15) is 0 Å². The van der Waals surface area contributed by atoms with Crippen LogP contribution in [0, 0.1) is 0 Å². The second-order valence-corrected chi connectivity index (χ2v) is 5.50. The molecule has 0 atom stereocenters. The first-order chi connectivity index (χ1) is 10.4. The topological polar surface area (TPSA) is 72.9 Å². The Kier molecular flexibility index (Phi) is 4.45. The van der Waals surface area contributed by atoms with E-state index >= 15 is 0 Å². The second kappa shape index (κ2) is 6.67. The first kappa shape index (κ1) is 14.0. The summed E-state index contributed by atoms with van der Waals surface area (Å²) in [6.07, 6.45) is 6.27. The fourth-order valence-electron chi connectivity index (χ4n) is 3.08. The van der Waals surface area contributed by atoms with E-state index in [9.17, 15) is 0 Å². The van der Waals surface area contributed by atoms with Crippen molar-refractivity contribution in [3.63, 3.8) is 0 Å². The number of aromatic nitrogens is 4. The molecule has 0 aliphatic heterocycles. The minimum Gasteiger partial charge on any atom is -0.335 e. The predicted molar refractivity (Wildman–Crippen MR) is 82.4 cm³/mol. The van der Waals surface area contributed by atoms with Crippen molar-refractivity contribution < 1.29 is 0 Å². The highest BCUT2D eigenvalue weighted by Gasteiger charge is 2.25. The third-order valence-corrected chi connectivity index (χ3v) is 4.10. The average Bonchev–Trinajstić information content (AvgIpc) is 3.03. The monoisotopic (exact) mass is 286 g/mol. The summed E-state index contributed by atoms with van der Waals surface area (Å²) < 4.78 is 1.81. The molecule has 2 aromatic rings. The van der Waals surface area contributed by atoms with E-state index in [0.29, 0.717) is 12.6 Å². The molecule has 6 heteroatoms. The molecule has 2 N–H and O–H groups in total. The molecule has 0 saturated heterocycles. The van der Waals surface area contributed by atoms with E-state index in [4.69, 9.17) is 5.73 Å². The number of benzene rings is 1. The van der Waals surface area contributed by atoms with E-state index in [-0.39, 0.29) is 0 Å². The zero-order chi connectivity index (χ0) is 14.5. The van der Waals surface area contributed by atoms with Gasteiger partial charge in [-0.05, 0) is 35.4 Å². The first-order valence-corrected chi connectivity index (χ1v) is 7.70. The van der Waals surface area contributed by atoms with E-state index in [1.807, 2.05) is 35.0 Å². The van der Waals surface area contributed by atoms with E-state index in [1.165, 1.54) is 32.1 Å². The number of nitrogens with zero attached hydrogens (tertiary/aromatic N) is 5. The first-order valence-electron chi connectivity index (χ1n) is 7.70. The average molecular weight is 286 g/mol. The Morgan fingerprint density at radius 2 is 1.90 bits per heavy atom. The number of anilines is 1. The number of hydrogen-bond donors (Lipinski definition) is 1. The van der Waals surface area contributed by atoms with E-state index in [0.717, 1.165) is 18.2 Å². The molecule has 0 unspecified atom stereocenters. The van der Waals surface area contributed by atoms with Gasteiger partial charge in [0, 0.05) is 19.1 Å². The van der Waals surface area contributed by atoms with Gasteiger partial charge in [0.05, 0.1) is 5.69 Å². The molecule has 1 aliphatic rings. The number of hydrogen-bond acceptors (Lipinski definition) is 5. The fraction of sp³-hybridized carbons (Fsp3) is 0.533. The molecule has 1 aliphatic carbocycles. The van der Waals surface area contributed by atoms with Gasteiger partial charge in [-0.25, -0.2) is 0 Å². The summed E-state index contributed by atoms with van der Waals surface area (Å²) in [4.78, 5) is 2.28. The molecule has 1 aromatic carbocycles. The van der Waals surface area contributed by atoms with Crippen molar-refractivity contribution in [2.75, 3.05) is 18.0 Å². The van der Waals surface area contributed by atoms with Gasteiger partial charge in [-0.1, -0.05) is 42.6 Å². The number of rotatable bonds is 5. The van der Waals surface area contributed by atoms with Crippen molar-refractivity contribution in [1.82, 2.24) is 20.2 Å². The molecular formula is C15H22N6. The van der Waals surface area contributed by atoms with Gasteiger partial charge in [-0.15, -0.1) is 0 Å². The molecule has 1 saturated carbocycles. The lowest BCUT2D eigenvalue weighted by Crippen LogP contribution is -2.41. The molecule has 112 valence electrons. The van der Waals surface area contributed by atoms with Gasteiger partial charge >= 0.3 is 0 Å². The van der Waals surface area contributed by atoms with Crippen molar-refractivity contribution in [1.29, 1.82) is 0 Å². The van der Waals surface area contributed by atoms with Crippen LogP contribution in [0.1, 0.15) is 32.1 Å². The van der Waals surface area contributed by atoms with Crippen LogP contribution in [0.5, 0.6) is 0 Å². The zero-order valence-corrected chi connectivity index (χ0v) is 12.2. The molecule has 21 heavy (non-hydrogen) atoms. The summed E-state index contributed by atoms with van der Waals surface area (Å²) in [7, 11) is 0. The summed E-state index contributed by atoms with van der Waals surface area (Å²) >= 11 is 0. The summed E-state index contributed by atoms with van der Waals surface area (Å²) in [6.45, 7) is 1.40.